The van der Waals surface area contributed by atoms with Gasteiger partial charge in [-0.3, -0.25) is 4.79 Å². The number of amides is 1. The molecule has 0 aromatic heterocycles. The van der Waals surface area contributed by atoms with Gasteiger partial charge in [-0.05, 0) is 43.7 Å². The highest BCUT2D eigenvalue weighted by Gasteiger charge is 2.27. The summed E-state index contributed by atoms with van der Waals surface area (Å²) in [4.78, 5) is 12.7. The number of sulfonamides is 1. The minimum Gasteiger partial charge on any atom is -0.481 e. The minimum atomic E-state index is -3.64. The molecule has 0 aliphatic carbocycles. The first kappa shape index (κ1) is 20.3. The molecule has 7 nitrogen and oxygen atoms in total. The molecule has 1 fully saturated rings. The van der Waals surface area contributed by atoms with Gasteiger partial charge in [0.25, 0.3) is 5.91 Å². The van der Waals surface area contributed by atoms with Crippen LogP contribution in [0.3, 0.4) is 0 Å². The summed E-state index contributed by atoms with van der Waals surface area (Å²) in [5.74, 6) is 0.235. The standard InChI is InChI=1S/C20H24N2O5S/c1-15-8-9-18(28(24,25)22-10-12-26-13-11-22)14-19(15)21-20(23)16(2)27-17-6-4-3-5-7-17/h3-9,14,16H,10-13H2,1-2H3,(H,21,23). The van der Waals surface area contributed by atoms with Crippen molar-refractivity contribution in [3.05, 3.63) is 54.1 Å². The Bertz CT molecular complexity index is 925. The fourth-order valence-electron chi connectivity index (χ4n) is 2.82. The molecule has 0 radical (unpaired) electrons. The van der Waals surface area contributed by atoms with Crippen molar-refractivity contribution in [1.29, 1.82) is 0 Å². The molecule has 1 saturated heterocycles. The molecule has 1 amide bonds. The molecule has 150 valence electrons. The van der Waals surface area contributed by atoms with E-state index in [1.54, 1.807) is 31.2 Å². The van der Waals surface area contributed by atoms with Crippen LogP contribution >= 0.6 is 0 Å². The van der Waals surface area contributed by atoms with E-state index in [1.165, 1.54) is 10.4 Å². The van der Waals surface area contributed by atoms with Crippen LogP contribution in [-0.4, -0.2) is 51.0 Å². The number of anilines is 1. The van der Waals surface area contributed by atoms with Gasteiger partial charge in [0.15, 0.2) is 6.10 Å². The smallest absolute Gasteiger partial charge is 0.265 e. The van der Waals surface area contributed by atoms with Gasteiger partial charge in [0.1, 0.15) is 5.75 Å². The van der Waals surface area contributed by atoms with E-state index < -0.39 is 16.1 Å². The molecular weight excluding hydrogens is 380 g/mol. The van der Waals surface area contributed by atoms with Gasteiger partial charge in [0, 0.05) is 18.8 Å². The summed E-state index contributed by atoms with van der Waals surface area (Å²) >= 11 is 0. The Morgan fingerprint density at radius 3 is 2.50 bits per heavy atom. The van der Waals surface area contributed by atoms with E-state index in [2.05, 4.69) is 5.32 Å². The van der Waals surface area contributed by atoms with Crippen molar-refractivity contribution in [2.75, 3.05) is 31.6 Å². The van der Waals surface area contributed by atoms with E-state index >= 15 is 0 Å². The van der Waals surface area contributed by atoms with Gasteiger partial charge in [0.05, 0.1) is 18.1 Å². The molecule has 28 heavy (non-hydrogen) atoms. The topological polar surface area (TPSA) is 84.9 Å². The van der Waals surface area contributed by atoms with Crippen molar-refractivity contribution in [2.45, 2.75) is 24.8 Å². The SMILES string of the molecule is Cc1ccc(S(=O)(=O)N2CCOCC2)cc1NC(=O)C(C)Oc1ccccc1. The number of morpholine rings is 1. The number of hydrogen-bond donors (Lipinski definition) is 1. The van der Waals surface area contributed by atoms with Gasteiger partial charge >= 0.3 is 0 Å². The maximum atomic E-state index is 12.8. The van der Waals surface area contributed by atoms with Gasteiger partial charge < -0.3 is 14.8 Å². The van der Waals surface area contributed by atoms with Crippen LogP contribution in [-0.2, 0) is 19.6 Å². The highest BCUT2D eigenvalue weighted by atomic mass is 32.2. The lowest BCUT2D eigenvalue weighted by atomic mass is 10.2. The Kier molecular flexibility index (Phi) is 6.33. The molecule has 1 aliphatic rings. The Morgan fingerprint density at radius 2 is 1.82 bits per heavy atom. The van der Waals surface area contributed by atoms with E-state index in [0.717, 1.165) is 5.56 Å². The maximum Gasteiger partial charge on any atom is 0.265 e. The predicted octanol–water partition coefficient (Wildman–Crippen LogP) is 2.42. The first-order valence-electron chi connectivity index (χ1n) is 9.09. The molecule has 1 N–H and O–H groups in total. The van der Waals surface area contributed by atoms with Crippen LogP contribution in [0.25, 0.3) is 0 Å². The number of ether oxygens (including phenoxy) is 2. The van der Waals surface area contributed by atoms with Crippen molar-refractivity contribution in [1.82, 2.24) is 4.31 Å². The molecule has 2 aromatic rings. The first-order valence-corrected chi connectivity index (χ1v) is 10.5. The van der Waals surface area contributed by atoms with Crippen molar-refractivity contribution in [3.8, 4) is 5.75 Å². The molecule has 1 aliphatic heterocycles. The average Bonchev–Trinajstić information content (AvgIpc) is 2.71. The summed E-state index contributed by atoms with van der Waals surface area (Å²) in [5.41, 5.74) is 1.21. The van der Waals surface area contributed by atoms with Crippen molar-refractivity contribution >= 4 is 21.6 Å². The number of nitrogens with zero attached hydrogens (tertiary/aromatic N) is 1. The monoisotopic (exact) mass is 404 g/mol. The second-order valence-corrected chi connectivity index (χ2v) is 8.49. The molecule has 0 spiro atoms. The number of hydrogen-bond acceptors (Lipinski definition) is 5. The van der Waals surface area contributed by atoms with Crippen LogP contribution in [0, 0.1) is 6.92 Å². The number of para-hydroxylation sites is 1. The van der Waals surface area contributed by atoms with Crippen molar-refractivity contribution in [3.63, 3.8) is 0 Å². The molecule has 1 heterocycles. The summed E-state index contributed by atoms with van der Waals surface area (Å²) < 4.78 is 37.9. The number of carbonyl (C=O) groups is 1. The lowest BCUT2D eigenvalue weighted by Gasteiger charge is -2.26. The quantitative estimate of drug-likeness (QED) is 0.799. The number of rotatable bonds is 6. The van der Waals surface area contributed by atoms with E-state index in [9.17, 15) is 13.2 Å². The number of carbonyl (C=O) groups excluding carboxylic acids is 1. The zero-order chi connectivity index (χ0) is 20.1. The summed E-state index contributed by atoms with van der Waals surface area (Å²) in [6.07, 6.45) is -0.735. The fraction of sp³-hybridized carbons (Fsp3) is 0.350. The molecule has 1 atom stereocenters. The van der Waals surface area contributed by atoms with Crippen LogP contribution in [0.4, 0.5) is 5.69 Å². The normalized spacial score (nSPS) is 16.4. The highest BCUT2D eigenvalue weighted by molar-refractivity contribution is 7.89. The third kappa shape index (κ3) is 4.70. The molecular formula is C20H24N2O5S. The number of aryl methyl sites for hydroxylation is 1. The predicted molar refractivity (Wildman–Crippen MR) is 106 cm³/mol. The van der Waals surface area contributed by atoms with Gasteiger partial charge in [-0.1, -0.05) is 24.3 Å². The molecule has 2 aromatic carbocycles. The summed E-state index contributed by atoms with van der Waals surface area (Å²) in [6, 6.07) is 13.8. The number of benzene rings is 2. The highest BCUT2D eigenvalue weighted by Crippen LogP contribution is 2.24. The molecule has 0 saturated carbocycles. The molecule has 1 unspecified atom stereocenters. The van der Waals surface area contributed by atoms with Crippen LogP contribution < -0.4 is 10.1 Å². The molecule has 8 heteroatoms. The Hall–Kier alpha value is -2.42. The van der Waals surface area contributed by atoms with Crippen molar-refractivity contribution < 1.29 is 22.7 Å². The third-order valence-corrected chi connectivity index (χ3v) is 6.39. The Morgan fingerprint density at radius 1 is 1.14 bits per heavy atom. The lowest BCUT2D eigenvalue weighted by Crippen LogP contribution is -2.40. The average molecular weight is 404 g/mol. The second-order valence-electron chi connectivity index (χ2n) is 6.56. The van der Waals surface area contributed by atoms with E-state index in [-0.39, 0.29) is 10.8 Å². The summed E-state index contributed by atoms with van der Waals surface area (Å²) in [5, 5.41) is 2.77. The zero-order valence-electron chi connectivity index (χ0n) is 15.9. The molecule has 3 rings (SSSR count). The fourth-order valence-corrected chi connectivity index (χ4v) is 4.26. The minimum absolute atomic E-state index is 0.145. The largest absolute Gasteiger partial charge is 0.481 e. The summed E-state index contributed by atoms with van der Waals surface area (Å²) in [7, 11) is -3.64. The zero-order valence-corrected chi connectivity index (χ0v) is 16.7. The van der Waals surface area contributed by atoms with Crippen LogP contribution in [0.5, 0.6) is 5.75 Å². The van der Waals surface area contributed by atoms with Crippen LogP contribution in [0.2, 0.25) is 0 Å². The van der Waals surface area contributed by atoms with Crippen LogP contribution in [0.1, 0.15) is 12.5 Å². The number of nitrogens with one attached hydrogen (secondary N) is 1. The van der Waals surface area contributed by atoms with Gasteiger partial charge in [0.2, 0.25) is 10.0 Å². The second kappa shape index (κ2) is 8.72. The maximum absolute atomic E-state index is 12.8. The van der Waals surface area contributed by atoms with E-state index in [1.807, 2.05) is 25.1 Å². The van der Waals surface area contributed by atoms with Gasteiger partial charge in [-0.25, -0.2) is 8.42 Å². The first-order chi connectivity index (χ1) is 13.4. The Labute approximate surface area is 165 Å². The van der Waals surface area contributed by atoms with Crippen molar-refractivity contribution in [2.24, 2.45) is 0 Å². The Balaban J connectivity index is 1.75. The van der Waals surface area contributed by atoms with E-state index in [0.29, 0.717) is 37.7 Å². The third-order valence-electron chi connectivity index (χ3n) is 4.50. The van der Waals surface area contributed by atoms with Gasteiger partial charge in [-0.2, -0.15) is 4.31 Å². The van der Waals surface area contributed by atoms with E-state index in [4.69, 9.17) is 9.47 Å². The van der Waals surface area contributed by atoms with Gasteiger partial charge in [-0.15, -0.1) is 0 Å². The van der Waals surface area contributed by atoms with Crippen LogP contribution in [0.15, 0.2) is 53.4 Å². The molecule has 0 bridgehead atoms. The lowest BCUT2D eigenvalue weighted by molar-refractivity contribution is -0.122. The summed E-state index contributed by atoms with van der Waals surface area (Å²) in [6.45, 7) is 4.85.